The zero-order valence-electron chi connectivity index (χ0n) is 11.2. The number of carbonyl (C=O) groups excluding carboxylic acids is 1. The van der Waals surface area contributed by atoms with E-state index in [1.54, 1.807) is 11.6 Å². The summed E-state index contributed by atoms with van der Waals surface area (Å²) in [6.07, 6.45) is 3.26. The van der Waals surface area contributed by atoms with Crippen molar-refractivity contribution >= 4 is 17.4 Å². The summed E-state index contributed by atoms with van der Waals surface area (Å²) in [5, 5.41) is 5.00. The topological polar surface area (TPSA) is 38.1 Å². The number of rotatable bonds is 3. The van der Waals surface area contributed by atoms with Crippen molar-refractivity contribution in [3.05, 3.63) is 16.4 Å². The Morgan fingerprint density at radius 2 is 2.22 bits per heavy atom. The molecule has 18 heavy (non-hydrogen) atoms. The molecule has 0 N–H and O–H groups in total. The number of aryl methyl sites for hydroxylation is 2. The summed E-state index contributed by atoms with van der Waals surface area (Å²) in [7, 11) is 1.84. The van der Waals surface area contributed by atoms with E-state index in [0.29, 0.717) is 5.15 Å². The minimum absolute atomic E-state index is 0.0504. The molecule has 1 aliphatic heterocycles. The fourth-order valence-electron chi connectivity index (χ4n) is 2.70. The molecule has 100 valence electrons. The van der Waals surface area contributed by atoms with Crippen molar-refractivity contribution in [2.75, 3.05) is 6.54 Å². The number of nitrogens with zero attached hydrogens (tertiary/aromatic N) is 3. The Morgan fingerprint density at radius 1 is 1.50 bits per heavy atom. The number of likely N-dealkylation sites (tertiary alicyclic amines) is 1. The van der Waals surface area contributed by atoms with Crippen LogP contribution < -0.4 is 0 Å². The van der Waals surface area contributed by atoms with Gasteiger partial charge in [-0.2, -0.15) is 5.10 Å². The molecule has 1 fully saturated rings. The number of halogens is 1. The van der Waals surface area contributed by atoms with Crippen molar-refractivity contribution in [1.82, 2.24) is 14.7 Å². The lowest BCUT2D eigenvalue weighted by molar-refractivity contribution is -0.123. The zero-order valence-corrected chi connectivity index (χ0v) is 12.0. The summed E-state index contributed by atoms with van der Waals surface area (Å²) in [5.74, 6) is 0.257. The lowest BCUT2D eigenvalue weighted by Crippen LogP contribution is -2.43. The van der Waals surface area contributed by atoms with Crippen molar-refractivity contribution in [3.8, 4) is 0 Å². The molecule has 4 nitrogen and oxygen atoms in total. The van der Waals surface area contributed by atoms with Gasteiger partial charge in [-0.3, -0.25) is 14.4 Å². The minimum atomic E-state index is 0.0504. The molecule has 0 amide bonds. The number of aromatic nitrogens is 2. The van der Waals surface area contributed by atoms with E-state index in [9.17, 15) is 4.79 Å². The molecule has 1 aromatic rings. The Balaban J connectivity index is 2.18. The van der Waals surface area contributed by atoms with E-state index in [1.165, 1.54) is 0 Å². The van der Waals surface area contributed by atoms with E-state index < -0.39 is 0 Å². The molecule has 2 heterocycles. The van der Waals surface area contributed by atoms with Crippen molar-refractivity contribution in [2.45, 2.75) is 45.7 Å². The summed E-state index contributed by atoms with van der Waals surface area (Å²) in [6.45, 7) is 5.34. The fourth-order valence-corrected chi connectivity index (χ4v) is 2.93. The van der Waals surface area contributed by atoms with Gasteiger partial charge in [0.25, 0.3) is 0 Å². The maximum absolute atomic E-state index is 11.7. The maximum atomic E-state index is 11.7. The Labute approximate surface area is 113 Å². The molecule has 0 radical (unpaired) electrons. The first kappa shape index (κ1) is 13.6. The molecule has 1 saturated heterocycles. The zero-order chi connectivity index (χ0) is 13.3. The number of ketones is 1. The first-order chi connectivity index (χ1) is 8.50. The highest BCUT2D eigenvalue weighted by atomic mass is 35.5. The van der Waals surface area contributed by atoms with Gasteiger partial charge in [-0.25, -0.2) is 0 Å². The first-order valence-electron chi connectivity index (χ1n) is 6.43. The van der Waals surface area contributed by atoms with Gasteiger partial charge < -0.3 is 0 Å². The van der Waals surface area contributed by atoms with Crippen molar-refractivity contribution in [2.24, 2.45) is 7.05 Å². The Morgan fingerprint density at radius 3 is 2.78 bits per heavy atom. The number of hydrogen-bond donors (Lipinski definition) is 0. The van der Waals surface area contributed by atoms with Gasteiger partial charge in [0.1, 0.15) is 10.9 Å². The van der Waals surface area contributed by atoms with Crippen LogP contribution in [0.25, 0.3) is 0 Å². The molecule has 0 aliphatic carbocycles. The van der Waals surface area contributed by atoms with Crippen LogP contribution in [-0.4, -0.2) is 33.1 Å². The second-order valence-electron chi connectivity index (χ2n) is 5.07. The highest BCUT2D eigenvalue weighted by molar-refractivity contribution is 6.30. The smallest absolute Gasteiger partial charge is 0.146 e. The summed E-state index contributed by atoms with van der Waals surface area (Å²) in [4.78, 5) is 13.9. The number of hydrogen-bond acceptors (Lipinski definition) is 3. The third-order valence-electron chi connectivity index (χ3n) is 3.71. The summed E-state index contributed by atoms with van der Waals surface area (Å²) in [6, 6.07) is 0.0504. The molecule has 1 aromatic heterocycles. The van der Waals surface area contributed by atoms with Crippen LogP contribution in [0, 0.1) is 6.92 Å². The quantitative estimate of drug-likeness (QED) is 0.845. The summed E-state index contributed by atoms with van der Waals surface area (Å²) >= 11 is 6.25. The monoisotopic (exact) mass is 269 g/mol. The molecular formula is C13H20ClN3O. The predicted octanol–water partition coefficient (Wildman–Crippen LogP) is 2.33. The van der Waals surface area contributed by atoms with Crippen molar-refractivity contribution in [3.63, 3.8) is 0 Å². The van der Waals surface area contributed by atoms with Crippen LogP contribution in [0.1, 0.15) is 37.4 Å². The molecule has 0 bridgehead atoms. The third kappa shape index (κ3) is 2.59. The van der Waals surface area contributed by atoms with Crippen LogP contribution in [0.5, 0.6) is 0 Å². The molecule has 5 heteroatoms. The SMILES string of the molecule is CC(=O)C1CCCCN1Cc1c(C)nn(C)c1Cl. The van der Waals surface area contributed by atoms with Crippen LogP contribution in [0.4, 0.5) is 0 Å². The molecule has 2 rings (SSSR count). The van der Waals surface area contributed by atoms with Gasteiger partial charge in [0.05, 0.1) is 11.7 Å². The highest BCUT2D eigenvalue weighted by Gasteiger charge is 2.27. The molecule has 1 aliphatic rings. The second kappa shape index (κ2) is 5.41. The Hall–Kier alpha value is -0.870. The normalized spacial score (nSPS) is 21.2. The van der Waals surface area contributed by atoms with E-state index in [2.05, 4.69) is 10.00 Å². The van der Waals surface area contributed by atoms with Gasteiger partial charge in [0.2, 0.25) is 0 Å². The van der Waals surface area contributed by atoms with Crippen LogP contribution in [-0.2, 0) is 18.4 Å². The largest absolute Gasteiger partial charge is 0.298 e. The van der Waals surface area contributed by atoms with E-state index in [1.807, 2.05) is 14.0 Å². The van der Waals surface area contributed by atoms with Gasteiger partial charge in [-0.1, -0.05) is 18.0 Å². The number of carbonyl (C=O) groups is 1. The second-order valence-corrected chi connectivity index (χ2v) is 5.43. The predicted molar refractivity (Wildman–Crippen MR) is 71.7 cm³/mol. The minimum Gasteiger partial charge on any atom is -0.298 e. The van der Waals surface area contributed by atoms with E-state index in [-0.39, 0.29) is 11.8 Å². The van der Waals surface area contributed by atoms with Crippen molar-refractivity contribution < 1.29 is 4.79 Å². The van der Waals surface area contributed by atoms with Crippen molar-refractivity contribution in [1.29, 1.82) is 0 Å². The average molecular weight is 270 g/mol. The maximum Gasteiger partial charge on any atom is 0.146 e. The standard InChI is InChI=1S/C13H20ClN3O/c1-9-11(13(14)16(3)15-9)8-17-7-5-4-6-12(17)10(2)18/h12H,4-8H2,1-3H3. The Kier molecular flexibility index (Phi) is 4.07. The number of piperidine rings is 1. The van der Waals surface area contributed by atoms with Gasteiger partial charge in [-0.15, -0.1) is 0 Å². The van der Waals surface area contributed by atoms with E-state index in [0.717, 1.165) is 43.6 Å². The summed E-state index contributed by atoms with van der Waals surface area (Å²) in [5.41, 5.74) is 2.00. The average Bonchev–Trinajstić information content (AvgIpc) is 2.56. The van der Waals surface area contributed by atoms with E-state index in [4.69, 9.17) is 11.6 Å². The van der Waals surface area contributed by atoms with Gasteiger partial charge in [0, 0.05) is 19.2 Å². The van der Waals surface area contributed by atoms with E-state index >= 15 is 0 Å². The lowest BCUT2D eigenvalue weighted by Gasteiger charge is -2.34. The van der Waals surface area contributed by atoms with Crippen LogP contribution in [0.15, 0.2) is 0 Å². The molecule has 0 spiro atoms. The molecular weight excluding hydrogens is 250 g/mol. The molecule has 1 atom stereocenters. The first-order valence-corrected chi connectivity index (χ1v) is 6.81. The Bertz CT molecular complexity index is 455. The van der Waals surface area contributed by atoms with Gasteiger partial charge in [0.15, 0.2) is 0 Å². The summed E-state index contributed by atoms with van der Waals surface area (Å²) < 4.78 is 1.69. The van der Waals surface area contributed by atoms with Crippen LogP contribution >= 0.6 is 11.6 Å². The van der Waals surface area contributed by atoms with Gasteiger partial charge >= 0.3 is 0 Å². The molecule has 0 saturated carbocycles. The third-order valence-corrected chi connectivity index (χ3v) is 4.19. The number of Topliss-reactive ketones (excluding diaryl/α,β-unsaturated/α-hetero) is 1. The highest BCUT2D eigenvalue weighted by Crippen LogP contribution is 2.25. The lowest BCUT2D eigenvalue weighted by atomic mass is 9.98. The van der Waals surface area contributed by atoms with Crippen LogP contribution in [0.2, 0.25) is 5.15 Å². The molecule has 1 unspecified atom stereocenters. The fraction of sp³-hybridized carbons (Fsp3) is 0.692. The van der Waals surface area contributed by atoms with Gasteiger partial charge in [-0.05, 0) is 33.2 Å². The van der Waals surface area contributed by atoms with Crippen LogP contribution in [0.3, 0.4) is 0 Å². The molecule has 0 aromatic carbocycles.